The van der Waals surface area contributed by atoms with Crippen LogP contribution in [0.5, 0.6) is 0 Å². The third-order valence-corrected chi connectivity index (χ3v) is 6.13. The minimum Gasteiger partial charge on any atom is -0.368 e. The SMILES string of the molecule is FC(Cc1ccccc1)N1CCC(N2CCc3ccc(CCl)cc32)CC1. The number of hydrogen-bond acceptors (Lipinski definition) is 2. The second-order valence-corrected chi connectivity index (χ2v) is 7.70. The van der Waals surface area contributed by atoms with E-state index >= 15 is 0 Å². The van der Waals surface area contributed by atoms with Gasteiger partial charge in [-0.2, -0.15) is 0 Å². The van der Waals surface area contributed by atoms with E-state index in [1.807, 2.05) is 35.2 Å². The highest BCUT2D eigenvalue weighted by molar-refractivity contribution is 6.17. The van der Waals surface area contributed by atoms with Crippen LogP contribution in [0.3, 0.4) is 0 Å². The monoisotopic (exact) mass is 372 g/mol. The van der Waals surface area contributed by atoms with Gasteiger partial charge in [-0.1, -0.05) is 42.5 Å². The molecule has 2 aliphatic rings. The Morgan fingerprint density at radius 2 is 1.77 bits per heavy atom. The van der Waals surface area contributed by atoms with Crippen LogP contribution in [-0.4, -0.2) is 36.9 Å². The zero-order chi connectivity index (χ0) is 17.9. The molecule has 2 aliphatic heterocycles. The van der Waals surface area contributed by atoms with Crippen LogP contribution in [0.15, 0.2) is 48.5 Å². The Balaban J connectivity index is 1.36. The average molecular weight is 373 g/mol. The Hall–Kier alpha value is -1.58. The van der Waals surface area contributed by atoms with Crippen molar-refractivity contribution in [3.8, 4) is 0 Å². The summed E-state index contributed by atoms with van der Waals surface area (Å²) >= 11 is 6.02. The largest absolute Gasteiger partial charge is 0.368 e. The number of rotatable bonds is 5. The van der Waals surface area contributed by atoms with E-state index in [9.17, 15) is 4.39 Å². The van der Waals surface area contributed by atoms with Crippen LogP contribution in [0.1, 0.15) is 29.5 Å². The van der Waals surface area contributed by atoms with Gasteiger partial charge < -0.3 is 4.90 Å². The van der Waals surface area contributed by atoms with Gasteiger partial charge in [0.2, 0.25) is 0 Å². The first-order chi connectivity index (χ1) is 12.7. The summed E-state index contributed by atoms with van der Waals surface area (Å²) in [6.07, 6.45) is 2.76. The molecule has 0 radical (unpaired) electrons. The van der Waals surface area contributed by atoms with Crippen molar-refractivity contribution in [2.45, 2.75) is 43.9 Å². The molecule has 4 rings (SSSR count). The summed E-state index contributed by atoms with van der Waals surface area (Å²) in [6.45, 7) is 2.74. The Labute approximate surface area is 160 Å². The van der Waals surface area contributed by atoms with Crippen LogP contribution in [0.4, 0.5) is 10.1 Å². The molecular weight excluding hydrogens is 347 g/mol. The molecule has 0 bridgehead atoms. The highest BCUT2D eigenvalue weighted by Gasteiger charge is 2.31. The Morgan fingerprint density at radius 1 is 1.00 bits per heavy atom. The second-order valence-electron chi connectivity index (χ2n) is 7.43. The van der Waals surface area contributed by atoms with Gasteiger partial charge in [-0.05, 0) is 42.0 Å². The molecule has 0 spiro atoms. The molecule has 2 nitrogen and oxygen atoms in total. The molecule has 0 aromatic heterocycles. The maximum absolute atomic E-state index is 14.7. The number of likely N-dealkylation sites (tertiary alicyclic amines) is 1. The van der Waals surface area contributed by atoms with E-state index in [0.29, 0.717) is 18.3 Å². The summed E-state index contributed by atoms with van der Waals surface area (Å²) in [6, 6.07) is 17.1. The van der Waals surface area contributed by atoms with Crippen molar-refractivity contribution >= 4 is 17.3 Å². The Kier molecular flexibility index (Phi) is 5.46. The number of benzene rings is 2. The summed E-state index contributed by atoms with van der Waals surface area (Å²) in [7, 11) is 0. The van der Waals surface area contributed by atoms with Crippen LogP contribution in [0.2, 0.25) is 0 Å². The van der Waals surface area contributed by atoms with Crippen LogP contribution < -0.4 is 4.90 Å². The molecule has 1 fully saturated rings. The summed E-state index contributed by atoms with van der Waals surface area (Å²) in [4.78, 5) is 4.54. The lowest BCUT2D eigenvalue weighted by molar-refractivity contribution is 0.0585. The summed E-state index contributed by atoms with van der Waals surface area (Å²) < 4.78 is 14.7. The number of halogens is 2. The zero-order valence-corrected chi connectivity index (χ0v) is 15.8. The maximum Gasteiger partial charge on any atom is 0.157 e. The predicted molar refractivity (Wildman–Crippen MR) is 107 cm³/mol. The predicted octanol–water partition coefficient (Wildman–Crippen LogP) is 4.79. The Morgan fingerprint density at radius 3 is 2.50 bits per heavy atom. The number of fused-ring (bicyclic) bond motifs is 1. The van der Waals surface area contributed by atoms with Crippen molar-refractivity contribution in [1.82, 2.24) is 4.90 Å². The fourth-order valence-electron chi connectivity index (χ4n) is 4.33. The van der Waals surface area contributed by atoms with Crippen LogP contribution in [-0.2, 0) is 18.7 Å². The fourth-order valence-corrected chi connectivity index (χ4v) is 4.49. The average Bonchev–Trinajstić information content (AvgIpc) is 3.12. The van der Waals surface area contributed by atoms with Crippen molar-refractivity contribution in [1.29, 1.82) is 0 Å². The van der Waals surface area contributed by atoms with Crippen LogP contribution in [0.25, 0.3) is 0 Å². The van der Waals surface area contributed by atoms with Gasteiger partial charge in [0.1, 0.15) is 0 Å². The van der Waals surface area contributed by atoms with Gasteiger partial charge in [0.05, 0.1) is 0 Å². The van der Waals surface area contributed by atoms with Gasteiger partial charge in [-0.25, -0.2) is 4.39 Å². The van der Waals surface area contributed by atoms with E-state index in [1.165, 1.54) is 16.8 Å². The molecule has 1 unspecified atom stereocenters. The number of hydrogen-bond donors (Lipinski definition) is 0. The molecule has 2 aromatic rings. The molecule has 138 valence electrons. The molecule has 1 atom stereocenters. The topological polar surface area (TPSA) is 6.48 Å². The first-order valence-corrected chi connectivity index (χ1v) is 10.1. The first kappa shape index (κ1) is 17.8. The standard InChI is InChI=1S/C22H26ClFN2/c23-16-18-6-7-19-8-13-26(21(19)14-18)20-9-11-25(12-10-20)22(24)15-17-4-2-1-3-5-17/h1-7,14,20,22H,8-13,15-16H2. The zero-order valence-electron chi connectivity index (χ0n) is 15.1. The van der Waals surface area contributed by atoms with Gasteiger partial charge in [-0.15, -0.1) is 11.6 Å². The molecule has 0 aliphatic carbocycles. The molecular formula is C22H26ClFN2. The summed E-state index contributed by atoms with van der Waals surface area (Å²) in [5, 5.41) is 0. The fraction of sp³-hybridized carbons (Fsp3) is 0.455. The minimum absolute atomic E-state index is 0.483. The molecule has 2 heterocycles. The van der Waals surface area contributed by atoms with Gasteiger partial charge in [0.15, 0.2) is 6.30 Å². The molecule has 26 heavy (non-hydrogen) atoms. The number of anilines is 1. The lowest BCUT2D eigenvalue weighted by Crippen LogP contribution is -2.47. The summed E-state index contributed by atoms with van der Waals surface area (Å²) in [5.74, 6) is 0.558. The van der Waals surface area contributed by atoms with E-state index < -0.39 is 6.30 Å². The molecule has 4 heteroatoms. The highest BCUT2D eigenvalue weighted by Crippen LogP contribution is 2.34. The van der Waals surface area contributed by atoms with Gasteiger partial charge in [-0.3, -0.25) is 4.90 Å². The molecule has 0 saturated carbocycles. The first-order valence-electron chi connectivity index (χ1n) is 9.61. The van der Waals surface area contributed by atoms with Gasteiger partial charge in [0, 0.05) is 43.7 Å². The van der Waals surface area contributed by atoms with Gasteiger partial charge >= 0.3 is 0 Å². The van der Waals surface area contributed by atoms with Crippen molar-refractivity contribution < 1.29 is 4.39 Å². The highest BCUT2D eigenvalue weighted by atomic mass is 35.5. The smallest absolute Gasteiger partial charge is 0.157 e. The lowest BCUT2D eigenvalue weighted by atomic mass is 10.0. The van der Waals surface area contributed by atoms with Crippen LogP contribution >= 0.6 is 11.6 Å². The number of piperidine rings is 1. The molecule has 0 N–H and O–H groups in total. The van der Waals surface area contributed by atoms with E-state index in [0.717, 1.165) is 44.5 Å². The van der Waals surface area contributed by atoms with Crippen LogP contribution in [0, 0.1) is 0 Å². The van der Waals surface area contributed by atoms with Crippen molar-refractivity contribution in [2.24, 2.45) is 0 Å². The van der Waals surface area contributed by atoms with E-state index in [-0.39, 0.29) is 0 Å². The van der Waals surface area contributed by atoms with E-state index in [1.54, 1.807) is 0 Å². The summed E-state index contributed by atoms with van der Waals surface area (Å²) in [5.41, 5.74) is 5.03. The third kappa shape index (κ3) is 3.74. The van der Waals surface area contributed by atoms with E-state index in [4.69, 9.17) is 11.6 Å². The number of nitrogens with zero attached hydrogens (tertiary/aromatic N) is 2. The quantitative estimate of drug-likeness (QED) is 0.550. The third-order valence-electron chi connectivity index (χ3n) is 5.82. The minimum atomic E-state index is -0.882. The molecule has 1 saturated heterocycles. The van der Waals surface area contributed by atoms with Crippen molar-refractivity contribution in [2.75, 3.05) is 24.5 Å². The molecule has 0 amide bonds. The normalized spacial score (nSPS) is 19.5. The van der Waals surface area contributed by atoms with E-state index in [2.05, 4.69) is 23.1 Å². The molecule has 2 aromatic carbocycles. The Bertz CT molecular complexity index is 728. The lowest BCUT2D eigenvalue weighted by Gasteiger charge is -2.39. The van der Waals surface area contributed by atoms with Crippen molar-refractivity contribution in [3.63, 3.8) is 0 Å². The van der Waals surface area contributed by atoms with Crippen molar-refractivity contribution in [3.05, 3.63) is 65.2 Å². The van der Waals surface area contributed by atoms with Gasteiger partial charge in [0.25, 0.3) is 0 Å². The number of alkyl halides is 2. The second kappa shape index (κ2) is 7.98. The maximum atomic E-state index is 14.7.